The maximum atomic E-state index is 9.60. The van der Waals surface area contributed by atoms with E-state index >= 15 is 0 Å². The van der Waals surface area contributed by atoms with Gasteiger partial charge in [-0.3, -0.25) is 0 Å². The molecule has 0 spiro atoms. The molecule has 1 aromatic heterocycles. The summed E-state index contributed by atoms with van der Waals surface area (Å²) < 4.78 is 0. The van der Waals surface area contributed by atoms with E-state index in [-0.39, 0.29) is 5.75 Å². The van der Waals surface area contributed by atoms with E-state index in [9.17, 15) is 5.11 Å². The van der Waals surface area contributed by atoms with Crippen molar-refractivity contribution in [2.24, 2.45) is 0 Å². The summed E-state index contributed by atoms with van der Waals surface area (Å²) in [6, 6.07) is 12.9. The Hall–Kier alpha value is -2.38. The van der Waals surface area contributed by atoms with E-state index in [2.05, 4.69) is 16.4 Å². The number of hydrogen-bond acceptors (Lipinski definition) is 4. The molecule has 4 nitrogen and oxygen atoms in total. The van der Waals surface area contributed by atoms with E-state index in [0.717, 1.165) is 11.1 Å². The number of pyridine rings is 1. The summed E-state index contributed by atoms with van der Waals surface area (Å²) in [7, 11) is 0. The van der Waals surface area contributed by atoms with Crippen molar-refractivity contribution in [3.8, 4) is 11.8 Å². The summed E-state index contributed by atoms with van der Waals surface area (Å²) >= 11 is 0. The molecule has 0 aliphatic carbocycles. The van der Waals surface area contributed by atoms with Gasteiger partial charge in [-0.1, -0.05) is 24.3 Å². The van der Waals surface area contributed by atoms with Crippen molar-refractivity contribution in [1.29, 1.82) is 5.26 Å². The van der Waals surface area contributed by atoms with Gasteiger partial charge in [0.1, 0.15) is 17.5 Å². The average molecular weight is 239 g/mol. The van der Waals surface area contributed by atoms with Gasteiger partial charge in [-0.15, -0.1) is 0 Å². The normalized spacial score (nSPS) is 9.94. The van der Waals surface area contributed by atoms with Gasteiger partial charge in [0.2, 0.25) is 0 Å². The summed E-state index contributed by atoms with van der Waals surface area (Å²) in [5.74, 6) is 0.275. The number of phenolic OH excluding ortho intramolecular Hbond substituents is 1. The zero-order valence-electron chi connectivity index (χ0n) is 9.80. The van der Waals surface area contributed by atoms with Gasteiger partial charge in [-0.2, -0.15) is 5.26 Å². The number of nitrogens with one attached hydrogen (secondary N) is 1. The number of hydrogen-bond donors (Lipinski definition) is 2. The molecule has 0 saturated carbocycles. The Labute approximate surface area is 106 Å². The van der Waals surface area contributed by atoms with Crippen LogP contribution in [0.5, 0.6) is 5.75 Å². The highest BCUT2D eigenvalue weighted by Gasteiger charge is 2.03. The molecular weight excluding hydrogens is 226 g/mol. The number of rotatable bonds is 4. The Kier molecular flexibility index (Phi) is 3.90. The van der Waals surface area contributed by atoms with Crippen LogP contribution in [-0.4, -0.2) is 10.1 Å². The van der Waals surface area contributed by atoms with E-state index in [1.165, 1.54) is 0 Å². The van der Waals surface area contributed by atoms with Gasteiger partial charge < -0.3 is 10.4 Å². The predicted molar refractivity (Wildman–Crippen MR) is 67.6 cm³/mol. The second kappa shape index (κ2) is 5.80. The molecule has 90 valence electrons. The van der Waals surface area contributed by atoms with Crippen LogP contribution in [0.25, 0.3) is 0 Å². The Morgan fingerprint density at radius 1 is 1.11 bits per heavy atom. The Morgan fingerprint density at radius 3 is 2.61 bits per heavy atom. The lowest BCUT2D eigenvalue weighted by Gasteiger charge is -2.07. The smallest absolute Gasteiger partial charge is 0.144 e. The van der Waals surface area contributed by atoms with E-state index in [1.807, 2.05) is 18.2 Å². The molecule has 0 radical (unpaired) electrons. The van der Waals surface area contributed by atoms with Gasteiger partial charge in [0.15, 0.2) is 0 Å². The fraction of sp³-hybridized carbons (Fsp3) is 0.143. The van der Waals surface area contributed by atoms with Crippen molar-refractivity contribution in [2.75, 3.05) is 0 Å². The van der Waals surface area contributed by atoms with Gasteiger partial charge in [0.25, 0.3) is 0 Å². The third kappa shape index (κ3) is 2.84. The van der Waals surface area contributed by atoms with E-state index in [4.69, 9.17) is 5.26 Å². The second-order valence-electron chi connectivity index (χ2n) is 3.86. The zero-order chi connectivity index (χ0) is 12.8. The minimum atomic E-state index is 0.275. The summed E-state index contributed by atoms with van der Waals surface area (Å²) in [5.41, 5.74) is 2.12. The molecule has 0 saturated heterocycles. The van der Waals surface area contributed by atoms with Crippen LogP contribution in [0.2, 0.25) is 0 Å². The van der Waals surface area contributed by atoms with E-state index in [1.54, 1.807) is 24.4 Å². The van der Waals surface area contributed by atoms with Crippen LogP contribution in [0.1, 0.15) is 16.8 Å². The first-order valence-corrected chi connectivity index (χ1v) is 5.63. The first-order valence-electron chi connectivity index (χ1n) is 5.63. The van der Waals surface area contributed by atoms with Crippen LogP contribution in [0.15, 0.2) is 42.6 Å². The third-order valence-corrected chi connectivity index (χ3v) is 2.62. The van der Waals surface area contributed by atoms with Crippen molar-refractivity contribution < 1.29 is 5.11 Å². The zero-order valence-corrected chi connectivity index (χ0v) is 9.80. The number of phenols is 1. The minimum absolute atomic E-state index is 0.275. The largest absolute Gasteiger partial charge is 0.508 e. The number of para-hydroxylation sites is 1. The third-order valence-electron chi connectivity index (χ3n) is 2.62. The van der Waals surface area contributed by atoms with Crippen molar-refractivity contribution in [3.63, 3.8) is 0 Å². The molecule has 0 amide bonds. The van der Waals surface area contributed by atoms with Gasteiger partial charge in [0.05, 0.1) is 0 Å². The standard InChI is InChI=1S/C14H13N3O/c15-8-13-11(5-3-7-17-13)9-16-10-12-4-1-2-6-14(12)18/h1-7,16,18H,9-10H2. The molecule has 4 heteroatoms. The molecule has 0 atom stereocenters. The second-order valence-corrected chi connectivity index (χ2v) is 3.86. The lowest BCUT2D eigenvalue weighted by molar-refractivity contribution is 0.464. The number of nitrogens with zero attached hydrogens (tertiary/aromatic N) is 2. The average Bonchev–Trinajstić information content (AvgIpc) is 2.41. The molecule has 18 heavy (non-hydrogen) atoms. The summed E-state index contributed by atoms with van der Waals surface area (Å²) in [5, 5.41) is 21.7. The Balaban J connectivity index is 1.97. The lowest BCUT2D eigenvalue weighted by atomic mass is 10.1. The van der Waals surface area contributed by atoms with Crippen molar-refractivity contribution in [1.82, 2.24) is 10.3 Å². The van der Waals surface area contributed by atoms with Gasteiger partial charge in [-0.25, -0.2) is 4.98 Å². The van der Waals surface area contributed by atoms with Crippen molar-refractivity contribution in [3.05, 3.63) is 59.4 Å². The summed E-state index contributed by atoms with van der Waals surface area (Å²) in [6.45, 7) is 1.09. The summed E-state index contributed by atoms with van der Waals surface area (Å²) in [6.07, 6.45) is 1.60. The fourth-order valence-corrected chi connectivity index (χ4v) is 1.67. The molecule has 2 aromatic rings. The minimum Gasteiger partial charge on any atom is -0.508 e. The molecule has 2 rings (SSSR count). The number of aromatic nitrogens is 1. The quantitative estimate of drug-likeness (QED) is 0.855. The fourth-order valence-electron chi connectivity index (χ4n) is 1.67. The van der Waals surface area contributed by atoms with E-state index < -0.39 is 0 Å². The maximum Gasteiger partial charge on any atom is 0.144 e. The van der Waals surface area contributed by atoms with Crippen LogP contribution in [-0.2, 0) is 13.1 Å². The molecule has 0 aliphatic rings. The SMILES string of the molecule is N#Cc1ncccc1CNCc1ccccc1O. The molecule has 1 heterocycles. The van der Waals surface area contributed by atoms with Crippen LogP contribution in [0, 0.1) is 11.3 Å². The Bertz CT molecular complexity index is 575. The number of nitriles is 1. The molecule has 0 bridgehead atoms. The highest BCUT2D eigenvalue weighted by atomic mass is 16.3. The highest BCUT2D eigenvalue weighted by Crippen LogP contribution is 2.15. The first-order chi connectivity index (χ1) is 8.81. The van der Waals surface area contributed by atoms with Gasteiger partial charge in [0, 0.05) is 30.4 Å². The lowest BCUT2D eigenvalue weighted by Crippen LogP contribution is -2.14. The van der Waals surface area contributed by atoms with Gasteiger partial charge >= 0.3 is 0 Å². The Morgan fingerprint density at radius 2 is 1.83 bits per heavy atom. The summed E-state index contributed by atoms with van der Waals surface area (Å²) in [4.78, 5) is 3.99. The number of benzene rings is 1. The molecular formula is C14H13N3O. The van der Waals surface area contributed by atoms with Crippen LogP contribution in [0.4, 0.5) is 0 Å². The van der Waals surface area contributed by atoms with Crippen LogP contribution < -0.4 is 5.32 Å². The number of aromatic hydroxyl groups is 1. The van der Waals surface area contributed by atoms with Crippen LogP contribution in [0.3, 0.4) is 0 Å². The molecule has 0 fully saturated rings. The van der Waals surface area contributed by atoms with Crippen LogP contribution >= 0.6 is 0 Å². The molecule has 0 aliphatic heterocycles. The predicted octanol–water partition coefficient (Wildman–Crippen LogP) is 1.95. The first kappa shape index (κ1) is 12.1. The monoisotopic (exact) mass is 239 g/mol. The van der Waals surface area contributed by atoms with Crippen molar-refractivity contribution >= 4 is 0 Å². The molecule has 1 aromatic carbocycles. The highest BCUT2D eigenvalue weighted by molar-refractivity contribution is 5.32. The molecule has 2 N–H and O–H groups in total. The molecule has 0 unspecified atom stereocenters. The van der Waals surface area contributed by atoms with Gasteiger partial charge in [-0.05, 0) is 12.1 Å². The maximum absolute atomic E-state index is 9.60. The van der Waals surface area contributed by atoms with E-state index in [0.29, 0.717) is 18.8 Å². The van der Waals surface area contributed by atoms with Crippen molar-refractivity contribution in [2.45, 2.75) is 13.1 Å². The topological polar surface area (TPSA) is 68.9 Å².